The summed E-state index contributed by atoms with van der Waals surface area (Å²) in [5.74, 6) is 0.176. The van der Waals surface area contributed by atoms with E-state index in [0.717, 1.165) is 11.1 Å². The molecule has 2 rings (SSSR count). The summed E-state index contributed by atoms with van der Waals surface area (Å²) in [5, 5.41) is 3.57. The maximum absolute atomic E-state index is 13.0. The molecule has 0 bridgehead atoms. The molecule has 2 aromatic carbocycles. The summed E-state index contributed by atoms with van der Waals surface area (Å²) in [6.45, 7) is 6.97. The highest BCUT2D eigenvalue weighted by molar-refractivity contribution is 6.30. The van der Waals surface area contributed by atoms with Crippen LogP contribution in [0.2, 0.25) is 5.02 Å². The van der Waals surface area contributed by atoms with Crippen LogP contribution in [0.5, 0.6) is 0 Å². The van der Waals surface area contributed by atoms with Crippen molar-refractivity contribution >= 4 is 23.4 Å². The van der Waals surface area contributed by atoms with Crippen LogP contribution in [-0.4, -0.2) is 35.8 Å². The number of nitrogens with zero attached hydrogens (tertiary/aromatic N) is 1. The van der Waals surface area contributed by atoms with Crippen molar-refractivity contribution in [1.82, 2.24) is 10.2 Å². The van der Waals surface area contributed by atoms with Crippen LogP contribution in [0.15, 0.2) is 54.6 Å². The number of hydrogen-bond acceptors (Lipinski definition) is 2. The van der Waals surface area contributed by atoms with E-state index < -0.39 is 6.04 Å². The number of carbonyl (C=O) groups excluding carboxylic acids is 2. The van der Waals surface area contributed by atoms with E-state index in [1.54, 1.807) is 24.0 Å². The largest absolute Gasteiger partial charge is 0.354 e. The number of benzene rings is 2. The number of rotatable bonds is 9. The molecule has 2 aromatic rings. The van der Waals surface area contributed by atoms with Gasteiger partial charge in [-0.1, -0.05) is 67.9 Å². The first-order valence-corrected chi connectivity index (χ1v) is 10.1. The van der Waals surface area contributed by atoms with E-state index in [4.69, 9.17) is 11.6 Å². The lowest BCUT2D eigenvalue weighted by Gasteiger charge is -2.29. The Labute approximate surface area is 172 Å². The second-order valence-corrected chi connectivity index (χ2v) is 7.88. The molecule has 28 heavy (non-hydrogen) atoms. The van der Waals surface area contributed by atoms with Crippen LogP contribution < -0.4 is 5.32 Å². The van der Waals surface area contributed by atoms with Crippen LogP contribution in [0.25, 0.3) is 0 Å². The molecule has 0 heterocycles. The standard InChI is InChI=1S/C23H29ClN2O2/c1-17(2)16-25-23(28)18(3)26(14-13-19-7-5-4-6-8-19)22(27)15-20-9-11-21(24)12-10-20/h4-12,17-18H,13-16H2,1-3H3,(H,25,28). The van der Waals surface area contributed by atoms with Gasteiger partial charge in [-0.25, -0.2) is 0 Å². The Morgan fingerprint density at radius 1 is 0.964 bits per heavy atom. The van der Waals surface area contributed by atoms with Gasteiger partial charge in [-0.05, 0) is 42.5 Å². The lowest BCUT2D eigenvalue weighted by molar-refractivity contribution is -0.139. The average Bonchev–Trinajstić information content (AvgIpc) is 2.68. The minimum atomic E-state index is -0.526. The van der Waals surface area contributed by atoms with E-state index >= 15 is 0 Å². The molecule has 0 spiro atoms. The molecule has 2 amide bonds. The van der Waals surface area contributed by atoms with Gasteiger partial charge in [0, 0.05) is 18.1 Å². The van der Waals surface area contributed by atoms with Crippen LogP contribution in [0.3, 0.4) is 0 Å². The first-order chi connectivity index (χ1) is 13.4. The predicted octanol–water partition coefficient (Wildman–Crippen LogP) is 4.11. The Kier molecular flexibility index (Phi) is 8.52. The second kappa shape index (κ2) is 10.9. The highest BCUT2D eigenvalue weighted by Crippen LogP contribution is 2.13. The van der Waals surface area contributed by atoms with Crippen molar-refractivity contribution in [3.8, 4) is 0 Å². The van der Waals surface area contributed by atoms with Crippen molar-refractivity contribution < 1.29 is 9.59 Å². The number of amides is 2. The normalized spacial score (nSPS) is 11.9. The average molecular weight is 401 g/mol. The van der Waals surface area contributed by atoms with Gasteiger partial charge in [-0.3, -0.25) is 9.59 Å². The third-order valence-electron chi connectivity index (χ3n) is 4.60. The van der Waals surface area contributed by atoms with Crippen LogP contribution >= 0.6 is 11.6 Å². The van der Waals surface area contributed by atoms with Crippen LogP contribution in [0.4, 0.5) is 0 Å². The van der Waals surface area contributed by atoms with E-state index in [0.29, 0.717) is 30.5 Å². The molecule has 0 aliphatic rings. The highest BCUT2D eigenvalue weighted by Gasteiger charge is 2.25. The number of halogens is 1. The third kappa shape index (κ3) is 7.01. The van der Waals surface area contributed by atoms with Gasteiger partial charge in [0.05, 0.1) is 6.42 Å². The molecule has 4 nitrogen and oxygen atoms in total. The maximum Gasteiger partial charge on any atom is 0.242 e. The second-order valence-electron chi connectivity index (χ2n) is 7.44. The fourth-order valence-electron chi connectivity index (χ4n) is 2.90. The molecular weight excluding hydrogens is 372 g/mol. The molecule has 0 saturated heterocycles. The zero-order chi connectivity index (χ0) is 20.5. The number of hydrogen-bond donors (Lipinski definition) is 1. The number of nitrogens with one attached hydrogen (secondary N) is 1. The van der Waals surface area contributed by atoms with Crippen molar-refractivity contribution in [1.29, 1.82) is 0 Å². The van der Waals surface area contributed by atoms with E-state index in [9.17, 15) is 9.59 Å². The molecule has 150 valence electrons. The van der Waals surface area contributed by atoms with Gasteiger partial charge >= 0.3 is 0 Å². The van der Waals surface area contributed by atoms with E-state index in [2.05, 4.69) is 5.32 Å². The molecule has 1 N–H and O–H groups in total. The Morgan fingerprint density at radius 2 is 1.61 bits per heavy atom. The molecule has 0 aromatic heterocycles. The number of carbonyl (C=O) groups is 2. The van der Waals surface area contributed by atoms with Gasteiger partial charge in [-0.2, -0.15) is 0 Å². The molecular formula is C23H29ClN2O2. The van der Waals surface area contributed by atoms with Gasteiger partial charge in [-0.15, -0.1) is 0 Å². The van der Waals surface area contributed by atoms with E-state index in [1.165, 1.54) is 0 Å². The molecule has 0 fully saturated rings. The summed E-state index contributed by atoms with van der Waals surface area (Å²) >= 11 is 5.93. The Balaban J connectivity index is 2.10. The Morgan fingerprint density at radius 3 is 2.21 bits per heavy atom. The van der Waals surface area contributed by atoms with Gasteiger partial charge in [0.2, 0.25) is 11.8 Å². The molecule has 0 aliphatic carbocycles. The monoisotopic (exact) mass is 400 g/mol. The quantitative estimate of drug-likeness (QED) is 0.688. The molecule has 0 saturated carbocycles. The smallest absolute Gasteiger partial charge is 0.242 e. The van der Waals surface area contributed by atoms with Crippen molar-refractivity contribution in [2.75, 3.05) is 13.1 Å². The molecule has 1 atom stereocenters. The maximum atomic E-state index is 13.0. The topological polar surface area (TPSA) is 49.4 Å². The summed E-state index contributed by atoms with van der Waals surface area (Å²) in [6.07, 6.45) is 0.947. The van der Waals surface area contributed by atoms with Crippen molar-refractivity contribution in [3.05, 3.63) is 70.7 Å². The molecule has 1 unspecified atom stereocenters. The lowest BCUT2D eigenvalue weighted by atomic mass is 10.1. The van der Waals surface area contributed by atoms with Crippen molar-refractivity contribution in [2.45, 2.75) is 39.7 Å². The third-order valence-corrected chi connectivity index (χ3v) is 4.86. The van der Waals surface area contributed by atoms with Gasteiger partial charge in [0.1, 0.15) is 6.04 Å². The van der Waals surface area contributed by atoms with Gasteiger partial charge < -0.3 is 10.2 Å². The fraction of sp³-hybridized carbons (Fsp3) is 0.391. The van der Waals surface area contributed by atoms with Crippen molar-refractivity contribution in [3.63, 3.8) is 0 Å². The summed E-state index contributed by atoms with van der Waals surface area (Å²) < 4.78 is 0. The van der Waals surface area contributed by atoms with Crippen LogP contribution in [0.1, 0.15) is 31.9 Å². The first kappa shape index (κ1) is 22.0. The van der Waals surface area contributed by atoms with Gasteiger partial charge in [0.15, 0.2) is 0 Å². The minimum absolute atomic E-state index is 0.0644. The van der Waals surface area contributed by atoms with E-state index in [1.807, 2.05) is 56.3 Å². The van der Waals surface area contributed by atoms with Crippen LogP contribution in [-0.2, 0) is 22.4 Å². The Bertz CT molecular complexity index is 760. The highest BCUT2D eigenvalue weighted by atomic mass is 35.5. The van der Waals surface area contributed by atoms with Gasteiger partial charge in [0.25, 0.3) is 0 Å². The SMILES string of the molecule is CC(C)CNC(=O)C(C)N(CCc1ccccc1)C(=O)Cc1ccc(Cl)cc1. The molecule has 0 aliphatic heterocycles. The molecule has 5 heteroatoms. The van der Waals surface area contributed by atoms with E-state index in [-0.39, 0.29) is 18.2 Å². The van der Waals surface area contributed by atoms with Crippen molar-refractivity contribution in [2.24, 2.45) is 5.92 Å². The first-order valence-electron chi connectivity index (χ1n) is 9.72. The zero-order valence-corrected chi connectivity index (χ0v) is 17.6. The Hall–Kier alpha value is -2.33. The summed E-state index contributed by atoms with van der Waals surface area (Å²) in [6, 6.07) is 16.7. The zero-order valence-electron chi connectivity index (χ0n) is 16.8. The summed E-state index contributed by atoms with van der Waals surface area (Å²) in [5.41, 5.74) is 2.02. The summed E-state index contributed by atoms with van der Waals surface area (Å²) in [4.78, 5) is 27.3. The predicted molar refractivity (Wildman–Crippen MR) is 114 cm³/mol. The lowest BCUT2D eigenvalue weighted by Crippen LogP contribution is -2.49. The van der Waals surface area contributed by atoms with Crippen LogP contribution in [0, 0.1) is 5.92 Å². The minimum Gasteiger partial charge on any atom is -0.354 e. The molecule has 0 radical (unpaired) electrons. The fourth-order valence-corrected chi connectivity index (χ4v) is 3.03. The summed E-state index contributed by atoms with van der Waals surface area (Å²) in [7, 11) is 0.